The summed E-state index contributed by atoms with van der Waals surface area (Å²) in [4.78, 5) is 11.8. The number of hydrogen-bond donors (Lipinski definition) is 1. The molecule has 0 saturated carbocycles. The maximum Gasteiger partial charge on any atom is 0.418 e. The Morgan fingerprint density at radius 1 is 1.09 bits per heavy atom. The van der Waals surface area contributed by atoms with Crippen molar-refractivity contribution in [2.24, 2.45) is 0 Å². The Bertz CT molecular complexity index is 688. The predicted octanol–water partition coefficient (Wildman–Crippen LogP) is 4.72. The van der Waals surface area contributed by atoms with Crippen molar-refractivity contribution in [2.75, 3.05) is 11.1 Å². The number of carbonyl (C=O) groups is 1. The molecule has 0 radical (unpaired) electrons. The van der Waals surface area contributed by atoms with E-state index in [1.54, 1.807) is 12.1 Å². The van der Waals surface area contributed by atoms with E-state index in [1.807, 2.05) is 0 Å². The lowest BCUT2D eigenvalue weighted by molar-refractivity contribution is -0.137. The minimum absolute atomic E-state index is 0.0251. The molecule has 0 heterocycles. The minimum Gasteiger partial charge on any atom is -0.325 e. The number of hydrogen-bond acceptors (Lipinski definition) is 2. The van der Waals surface area contributed by atoms with Crippen LogP contribution in [0.3, 0.4) is 0 Å². The van der Waals surface area contributed by atoms with Gasteiger partial charge in [-0.2, -0.15) is 13.2 Å². The first-order valence-corrected chi connectivity index (χ1v) is 7.80. The van der Waals surface area contributed by atoms with Gasteiger partial charge in [-0.05, 0) is 29.8 Å². The molecule has 0 aromatic heterocycles. The highest BCUT2D eigenvalue weighted by Crippen LogP contribution is 2.34. The van der Waals surface area contributed by atoms with Crippen LogP contribution in [-0.2, 0) is 16.7 Å². The van der Waals surface area contributed by atoms with Crippen LogP contribution >= 0.6 is 11.8 Å². The Kier molecular flexibility index (Phi) is 5.65. The Labute approximate surface area is 134 Å². The van der Waals surface area contributed by atoms with E-state index in [4.69, 9.17) is 0 Å². The first-order valence-electron chi connectivity index (χ1n) is 6.64. The van der Waals surface area contributed by atoms with Crippen LogP contribution in [-0.4, -0.2) is 11.7 Å². The second-order valence-electron chi connectivity index (χ2n) is 4.71. The lowest BCUT2D eigenvalue weighted by atomic mass is 10.1. The van der Waals surface area contributed by atoms with Gasteiger partial charge in [0.15, 0.2) is 0 Å². The fraction of sp³-hybridized carbons (Fsp3) is 0.188. The van der Waals surface area contributed by atoms with Crippen LogP contribution in [0.2, 0.25) is 0 Å². The van der Waals surface area contributed by atoms with Gasteiger partial charge < -0.3 is 5.32 Å². The van der Waals surface area contributed by atoms with Crippen LogP contribution in [0.1, 0.15) is 11.1 Å². The fourth-order valence-electron chi connectivity index (χ4n) is 1.91. The van der Waals surface area contributed by atoms with E-state index in [0.29, 0.717) is 11.3 Å². The van der Waals surface area contributed by atoms with Crippen molar-refractivity contribution < 1.29 is 22.4 Å². The second-order valence-corrected chi connectivity index (χ2v) is 5.70. The molecule has 0 unspecified atom stereocenters. The molecule has 2 rings (SSSR count). The molecule has 7 heteroatoms. The first kappa shape index (κ1) is 17.3. The van der Waals surface area contributed by atoms with E-state index in [0.717, 1.165) is 6.07 Å². The third-order valence-corrected chi connectivity index (χ3v) is 3.90. The molecule has 1 amide bonds. The van der Waals surface area contributed by atoms with E-state index in [-0.39, 0.29) is 17.3 Å². The number of thioether (sulfide) groups is 1. The summed E-state index contributed by atoms with van der Waals surface area (Å²) < 4.78 is 51.5. The number of amides is 1. The lowest BCUT2D eigenvalue weighted by Gasteiger charge is -2.13. The molecule has 2 nitrogen and oxygen atoms in total. The third-order valence-electron chi connectivity index (χ3n) is 2.90. The Morgan fingerprint density at radius 3 is 2.52 bits per heavy atom. The predicted molar refractivity (Wildman–Crippen MR) is 82.6 cm³/mol. The number of rotatable bonds is 5. The number of alkyl halides is 3. The van der Waals surface area contributed by atoms with Crippen molar-refractivity contribution in [3.8, 4) is 0 Å². The van der Waals surface area contributed by atoms with Crippen molar-refractivity contribution >= 4 is 23.4 Å². The van der Waals surface area contributed by atoms with Gasteiger partial charge in [0.2, 0.25) is 5.91 Å². The molecule has 1 N–H and O–H groups in total. The molecule has 0 aliphatic carbocycles. The molecular weight excluding hydrogens is 330 g/mol. The third kappa shape index (κ3) is 5.28. The molecule has 0 fully saturated rings. The van der Waals surface area contributed by atoms with Crippen LogP contribution < -0.4 is 5.32 Å². The molecule has 0 atom stereocenters. The molecule has 122 valence electrons. The van der Waals surface area contributed by atoms with Gasteiger partial charge in [-0.25, -0.2) is 4.39 Å². The summed E-state index contributed by atoms with van der Waals surface area (Å²) in [5.74, 6) is -0.538. The zero-order chi connectivity index (χ0) is 16.9. The fourth-order valence-corrected chi connectivity index (χ4v) is 2.69. The molecule has 2 aromatic rings. The summed E-state index contributed by atoms with van der Waals surface area (Å²) >= 11 is 1.20. The zero-order valence-corrected chi connectivity index (χ0v) is 12.7. The average Bonchev–Trinajstić information content (AvgIpc) is 2.47. The average molecular weight is 343 g/mol. The summed E-state index contributed by atoms with van der Waals surface area (Å²) in [6.07, 6.45) is -4.53. The van der Waals surface area contributed by atoms with Gasteiger partial charge >= 0.3 is 6.18 Å². The van der Waals surface area contributed by atoms with Gasteiger partial charge in [-0.1, -0.05) is 24.3 Å². The van der Waals surface area contributed by atoms with Gasteiger partial charge in [-0.15, -0.1) is 11.8 Å². The Balaban J connectivity index is 1.91. The van der Waals surface area contributed by atoms with Crippen LogP contribution in [0.4, 0.5) is 23.2 Å². The molecule has 0 saturated heterocycles. The Hall–Kier alpha value is -2.02. The monoisotopic (exact) mass is 343 g/mol. The van der Waals surface area contributed by atoms with Crippen molar-refractivity contribution in [1.29, 1.82) is 0 Å². The van der Waals surface area contributed by atoms with Gasteiger partial charge in [0, 0.05) is 5.75 Å². The van der Waals surface area contributed by atoms with Crippen LogP contribution in [0.25, 0.3) is 0 Å². The molecule has 0 aliphatic rings. The van der Waals surface area contributed by atoms with Crippen LogP contribution in [0.5, 0.6) is 0 Å². The maximum atomic E-state index is 13.0. The van der Waals surface area contributed by atoms with Crippen LogP contribution in [0.15, 0.2) is 48.5 Å². The quantitative estimate of drug-likeness (QED) is 0.796. The number of halogens is 4. The molecule has 0 spiro atoms. The van der Waals surface area contributed by atoms with Crippen molar-refractivity contribution in [2.45, 2.75) is 11.9 Å². The summed E-state index contributed by atoms with van der Waals surface area (Å²) in [6.45, 7) is 0. The highest BCUT2D eigenvalue weighted by atomic mass is 32.2. The Morgan fingerprint density at radius 2 is 1.83 bits per heavy atom. The van der Waals surface area contributed by atoms with E-state index < -0.39 is 17.6 Å². The van der Waals surface area contributed by atoms with E-state index in [9.17, 15) is 22.4 Å². The maximum absolute atomic E-state index is 13.0. The van der Waals surface area contributed by atoms with Gasteiger partial charge in [0.25, 0.3) is 0 Å². The minimum atomic E-state index is -4.53. The largest absolute Gasteiger partial charge is 0.418 e. The van der Waals surface area contributed by atoms with E-state index in [2.05, 4.69) is 5.32 Å². The number of para-hydroxylation sites is 1. The first-order chi connectivity index (χ1) is 10.9. The highest BCUT2D eigenvalue weighted by molar-refractivity contribution is 7.99. The smallest absolute Gasteiger partial charge is 0.325 e. The standard InChI is InChI=1S/C16H13F4NOS/c17-12-5-3-4-11(8-12)9-23-10-15(22)21-14-7-2-1-6-13(14)16(18,19)20/h1-8H,9-10H2,(H,21,22). The van der Waals surface area contributed by atoms with Crippen LogP contribution in [0, 0.1) is 5.82 Å². The topological polar surface area (TPSA) is 29.1 Å². The van der Waals surface area contributed by atoms with E-state index in [1.165, 1.54) is 42.1 Å². The van der Waals surface area contributed by atoms with E-state index >= 15 is 0 Å². The van der Waals surface area contributed by atoms with Crippen molar-refractivity contribution in [1.82, 2.24) is 0 Å². The highest BCUT2D eigenvalue weighted by Gasteiger charge is 2.33. The van der Waals surface area contributed by atoms with Gasteiger partial charge in [0.1, 0.15) is 5.82 Å². The molecular formula is C16H13F4NOS. The summed E-state index contributed by atoms with van der Waals surface area (Å²) in [5.41, 5.74) is -0.446. The number of anilines is 1. The molecule has 2 aromatic carbocycles. The van der Waals surface area contributed by atoms with Gasteiger partial charge in [-0.3, -0.25) is 4.79 Å². The molecule has 0 bridgehead atoms. The SMILES string of the molecule is O=C(CSCc1cccc(F)c1)Nc1ccccc1C(F)(F)F. The van der Waals surface area contributed by atoms with Gasteiger partial charge in [0.05, 0.1) is 17.0 Å². The van der Waals surface area contributed by atoms with Crippen molar-refractivity contribution in [3.05, 3.63) is 65.5 Å². The number of carbonyl (C=O) groups excluding carboxylic acids is 1. The lowest BCUT2D eigenvalue weighted by Crippen LogP contribution is -2.18. The summed E-state index contributed by atoms with van der Waals surface area (Å²) in [5, 5.41) is 2.26. The zero-order valence-electron chi connectivity index (χ0n) is 11.9. The molecule has 0 aliphatic heterocycles. The number of benzene rings is 2. The summed E-state index contributed by atoms with van der Waals surface area (Å²) in [7, 11) is 0. The normalized spacial score (nSPS) is 11.3. The molecule has 23 heavy (non-hydrogen) atoms. The second kappa shape index (κ2) is 7.50. The van der Waals surface area contributed by atoms with Crippen molar-refractivity contribution in [3.63, 3.8) is 0 Å². The summed E-state index contributed by atoms with van der Waals surface area (Å²) in [6, 6.07) is 10.7. The number of nitrogens with one attached hydrogen (secondary N) is 1.